The van der Waals surface area contributed by atoms with Crippen LogP contribution in [0, 0.1) is 0 Å². The maximum absolute atomic E-state index is 12.7. The Morgan fingerprint density at radius 3 is 2.95 bits per heavy atom. The minimum absolute atomic E-state index is 0.134. The zero-order valence-electron chi connectivity index (χ0n) is 12.0. The Labute approximate surface area is 119 Å². The van der Waals surface area contributed by atoms with E-state index in [4.69, 9.17) is 4.74 Å². The van der Waals surface area contributed by atoms with Gasteiger partial charge in [-0.3, -0.25) is 4.79 Å². The zero-order chi connectivity index (χ0) is 13.9. The molecule has 2 aliphatic rings. The third-order valence-corrected chi connectivity index (χ3v) is 4.23. The van der Waals surface area contributed by atoms with Crippen molar-refractivity contribution in [3.8, 4) is 0 Å². The molecule has 0 aromatic carbocycles. The molecule has 3 heterocycles. The van der Waals surface area contributed by atoms with Crippen molar-refractivity contribution in [1.82, 2.24) is 14.8 Å². The second kappa shape index (κ2) is 5.97. The highest BCUT2D eigenvalue weighted by Crippen LogP contribution is 2.22. The van der Waals surface area contributed by atoms with Crippen LogP contribution in [0.15, 0.2) is 18.3 Å². The van der Waals surface area contributed by atoms with Gasteiger partial charge >= 0.3 is 0 Å². The summed E-state index contributed by atoms with van der Waals surface area (Å²) in [5, 5.41) is 3.37. The first-order valence-corrected chi connectivity index (χ1v) is 7.54. The summed E-state index contributed by atoms with van der Waals surface area (Å²) in [5.74, 6) is 0.142. The summed E-state index contributed by atoms with van der Waals surface area (Å²) in [6, 6.07) is 4.38. The molecule has 0 saturated carbocycles. The van der Waals surface area contributed by atoms with E-state index in [2.05, 4.69) is 9.88 Å². The monoisotopic (exact) mass is 277 g/mol. The largest absolute Gasteiger partial charge is 0.375 e. The molecule has 110 valence electrons. The molecule has 0 spiro atoms. The van der Waals surface area contributed by atoms with E-state index in [0.29, 0.717) is 25.7 Å². The molecule has 2 aliphatic heterocycles. The third-order valence-electron chi connectivity index (χ3n) is 4.23. The highest BCUT2D eigenvalue weighted by atomic mass is 16.5. The van der Waals surface area contributed by atoms with Gasteiger partial charge in [-0.1, -0.05) is 0 Å². The van der Waals surface area contributed by atoms with Gasteiger partial charge < -0.3 is 19.5 Å². The molecule has 1 amide bonds. The van der Waals surface area contributed by atoms with Crippen molar-refractivity contribution in [2.75, 3.05) is 32.8 Å². The third kappa shape index (κ3) is 2.74. The first-order chi connectivity index (χ1) is 9.75. The van der Waals surface area contributed by atoms with Gasteiger partial charge in [0.2, 0.25) is 0 Å². The molecule has 1 atom stereocenters. The Balaban J connectivity index is 1.76. The van der Waals surface area contributed by atoms with E-state index >= 15 is 0 Å². The van der Waals surface area contributed by atoms with Crippen LogP contribution < -0.4 is 5.32 Å². The van der Waals surface area contributed by atoms with Crippen molar-refractivity contribution in [2.24, 2.45) is 0 Å². The highest BCUT2D eigenvalue weighted by molar-refractivity contribution is 5.93. The fourth-order valence-corrected chi connectivity index (χ4v) is 3.14. The summed E-state index contributed by atoms with van der Waals surface area (Å²) >= 11 is 0. The Morgan fingerprint density at radius 1 is 1.40 bits per heavy atom. The van der Waals surface area contributed by atoms with Gasteiger partial charge in [-0.25, -0.2) is 0 Å². The normalized spacial score (nSPS) is 24.9. The van der Waals surface area contributed by atoms with E-state index in [1.807, 2.05) is 30.2 Å². The molecule has 3 rings (SSSR count). The lowest BCUT2D eigenvalue weighted by Crippen LogP contribution is -2.45. The van der Waals surface area contributed by atoms with Crippen molar-refractivity contribution in [2.45, 2.75) is 31.9 Å². The van der Waals surface area contributed by atoms with Crippen LogP contribution in [-0.2, 0) is 4.74 Å². The molecule has 20 heavy (non-hydrogen) atoms. The van der Waals surface area contributed by atoms with Crippen LogP contribution in [0.3, 0.4) is 0 Å². The van der Waals surface area contributed by atoms with Crippen LogP contribution >= 0.6 is 0 Å². The van der Waals surface area contributed by atoms with E-state index < -0.39 is 0 Å². The van der Waals surface area contributed by atoms with Crippen LogP contribution in [0.25, 0.3) is 0 Å². The van der Waals surface area contributed by atoms with Crippen LogP contribution in [0.2, 0.25) is 0 Å². The Bertz CT molecular complexity index is 465. The van der Waals surface area contributed by atoms with Gasteiger partial charge in [0.25, 0.3) is 5.91 Å². The molecule has 5 nitrogen and oxygen atoms in total. The fraction of sp³-hybridized carbons (Fsp3) is 0.667. The molecule has 1 aromatic heterocycles. The van der Waals surface area contributed by atoms with E-state index in [9.17, 15) is 4.79 Å². The first-order valence-electron chi connectivity index (χ1n) is 7.54. The minimum atomic E-state index is 0.134. The van der Waals surface area contributed by atoms with Gasteiger partial charge in [-0.05, 0) is 45.0 Å². The Hall–Kier alpha value is -1.33. The van der Waals surface area contributed by atoms with E-state index in [0.717, 1.165) is 31.6 Å². The van der Waals surface area contributed by atoms with Crippen molar-refractivity contribution in [3.05, 3.63) is 24.0 Å². The van der Waals surface area contributed by atoms with Crippen LogP contribution in [-0.4, -0.2) is 54.3 Å². The number of nitrogens with zero attached hydrogens (tertiary/aromatic N) is 2. The SMILES string of the molecule is CC1CN(C(=O)c2cccn2C2CCNCC2)CCO1. The van der Waals surface area contributed by atoms with Crippen molar-refractivity contribution < 1.29 is 9.53 Å². The van der Waals surface area contributed by atoms with Crippen LogP contribution in [0.4, 0.5) is 0 Å². The van der Waals surface area contributed by atoms with Gasteiger partial charge in [0, 0.05) is 25.3 Å². The summed E-state index contributed by atoms with van der Waals surface area (Å²) in [5.41, 5.74) is 0.825. The standard InChI is InChI=1S/C15H23N3O2/c1-12-11-17(9-10-20-12)15(19)14-3-2-8-18(14)13-4-6-16-7-5-13/h2-3,8,12-13,16H,4-7,9-11H2,1H3. The van der Waals surface area contributed by atoms with Crippen molar-refractivity contribution >= 4 is 5.91 Å². The predicted molar refractivity (Wildman–Crippen MR) is 76.9 cm³/mol. The Kier molecular flexibility index (Phi) is 4.08. The Morgan fingerprint density at radius 2 is 2.20 bits per heavy atom. The summed E-state index contributed by atoms with van der Waals surface area (Å²) in [6.07, 6.45) is 4.37. The molecular weight excluding hydrogens is 254 g/mol. The second-order valence-corrected chi connectivity index (χ2v) is 5.71. The molecule has 1 aromatic rings. The number of rotatable bonds is 2. The lowest BCUT2D eigenvalue weighted by molar-refractivity contribution is -0.0128. The van der Waals surface area contributed by atoms with Crippen molar-refractivity contribution in [3.63, 3.8) is 0 Å². The number of morpholine rings is 1. The number of carbonyl (C=O) groups is 1. The number of carbonyl (C=O) groups excluding carboxylic acids is 1. The smallest absolute Gasteiger partial charge is 0.270 e. The molecule has 5 heteroatoms. The molecule has 0 bridgehead atoms. The number of hydrogen-bond donors (Lipinski definition) is 1. The first kappa shape index (κ1) is 13.6. The molecule has 0 aliphatic carbocycles. The molecule has 2 saturated heterocycles. The summed E-state index contributed by atoms with van der Waals surface area (Å²) in [7, 11) is 0. The lowest BCUT2D eigenvalue weighted by atomic mass is 10.1. The minimum Gasteiger partial charge on any atom is -0.375 e. The lowest BCUT2D eigenvalue weighted by Gasteiger charge is -2.32. The maximum Gasteiger partial charge on any atom is 0.270 e. The van der Waals surface area contributed by atoms with Gasteiger partial charge in [-0.15, -0.1) is 0 Å². The highest BCUT2D eigenvalue weighted by Gasteiger charge is 2.26. The van der Waals surface area contributed by atoms with E-state index in [1.165, 1.54) is 0 Å². The average molecular weight is 277 g/mol. The zero-order valence-corrected chi connectivity index (χ0v) is 12.0. The van der Waals surface area contributed by atoms with Gasteiger partial charge in [-0.2, -0.15) is 0 Å². The van der Waals surface area contributed by atoms with Crippen LogP contribution in [0.5, 0.6) is 0 Å². The quantitative estimate of drug-likeness (QED) is 0.885. The summed E-state index contributed by atoms with van der Waals surface area (Å²) in [4.78, 5) is 14.6. The predicted octanol–water partition coefficient (Wildman–Crippen LogP) is 1.27. The topological polar surface area (TPSA) is 46.5 Å². The molecule has 0 radical (unpaired) electrons. The molecule has 2 fully saturated rings. The average Bonchev–Trinajstić information content (AvgIpc) is 2.97. The molecule has 1 unspecified atom stereocenters. The number of hydrogen-bond acceptors (Lipinski definition) is 3. The summed E-state index contributed by atoms with van der Waals surface area (Å²) in [6.45, 7) is 6.11. The number of nitrogens with one attached hydrogen (secondary N) is 1. The van der Waals surface area contributed by atoms with Gasteiger partial charge in [0.05, 0.1) is 12.7 Å². The fourth-order valence-electron chi connectivity index (χ4n) is 3.14. The molecule has 1 N–H and O–H groups in total. The number of aromatic nitrogens is 1. The van der Waals surface area contributed by atoms with Gasteiger partial charge in [0.1, 0.15) is 5.69 Å². The van der Waals surface area contributed by atoms with Gasteiger partial charge in [0.15, 0.2) is 0 Å². The number of ether oxygens (including phenoxy) is 1. The molecular formula is C15H23N3O2. The number of piperidine rings is 1. The van der Waals surface area contributed by atoms with E-state index in [-0.39, 0.29) is 12.0 Å². The maximum atomic E-state index is 12.7. The second-order valence-electron chi connectivity index (χ2n) is 5.71. The number of amides is 1. The van der Waals surface area contributed by atoms with E-state index in [1.54, 1.807) is 0 Å². The van der Waals surface area contributed by atoms with Crippen molar-refractivity contribution in [1.29, 1.82) is 0 Å². The summed E-state index contributed by atoms with van der Waals surface area (Å²) < 4.78 is 7.68. The van der Waals surface area contributed by atoms with Crippen LogP contribution in [0.1, 0.15) is 36.3 Å².